The van der Waals surface area contributed by atoms with E-state index in [1.54, 1.807) is 19.1 Å². The van der Waals surface area contributed by atoms with Crippen molar-refractivity contribution in [3.05, 3.63) is 23.8 Å². The van der Waals surface area contributed by atoms with E-state index in [2.05, 4.69) is 6.07 Å². The quantitative estimate of drug-likeness (QED) is 0.579. The smallest absolute Gasteiger partial charge is 0.328 e. The fourth-order valence-electron chi connectivity index (χ4n) is 2.12. The Bertz CT molecular complexity index is 423. The summed E-state index contributed by atoms with van der Waals surface area (Å²) < 4.78 is 0. The van der Waals surface area contributed by atoms with E-state index in [1.165, 1.54) is 0 Å². The summed E-state index contributed by atoms with van der Waals surface area (Å²) in [6, 6.07) is 2.20. The minimum absolute atomic E-state index is 0.568. The molecular formula is C14H19NO3. The molecule has 0 amide bonds. The van der Waals surface area contributed by atoms with Gasteiger partial charge in [-0.1, -0.05) is 25.5 Å². The molecule has 98 valence electrons. The Morgan fingerprint density at radius 1 is 1.56 bits per heavy atom. The van der Waals surface area contributed by atoms with Crippen LogP contribution in [-0.4, -0.2) is 21.8 Å². The van der Waals surface area contributed by atoms with Crippen molar-refractivity contribution < 1.29 is 15.0 Å². The molecule has 0 heterocycles. The Balaban J connectivity index is 2.88. The lowest BCUT2D eigenvalue weighted by molar-refractivity contribution is -0.131. The van der Waals surface area contributed by atoms with E-state index in [-0.39, 0.29) is 0 Å². The Morgan fingerprint density at radius 2 is 2.17 bits per heavy atom. The van der Waals surface area contributed by atoms with E-state index in [9.17, 15) is 15.2 Å². The van der Waals surface area contributed by atoms with Gasteiger partial charge in [0.25, 0.3) is 0 Å². The molecule has 0 saturated heterocycles. The highest BCUT2D eigenvalue weighted by molar-refractivity contribution is 5.81. The van der Waals surface area contributed by atoms with E-state index in [0.717, 1.165) is 12.5 Å². The van der Waals surface area contributed by atoms with Crippen molar-refractivity contribution >= 4 is 5.97 Å². The third-order valence-corrected chi connectivity index (χ3v) is 3.73. The molecule has 0 bridgehead atoms. The Morgan fingerprint density at radius 3 is 2.50 bits per heavy atom. The van der Waals surface area contributed by atoms with Crippen LogP contribution in [0.25, 0.3) is 0 Å². The molecule has 4 heteroatoms. The number of aliphatic hydroxyl groups is 1. The molecule has 18 heavy (non-hydrogen) atoms. The molecule has 1 saturated carbocycles. The predicted octanol–water partition coefficient (Wildman–Crippen LogP) is 2.41. The Labute approximate surface area is 107 Å². The maximum atomic E-state index is 10.6. The number of aliphatic carboxylic acids is 1. The second-order valence-corrected chi connectivity index (χ2v) is 4.94. The zero-order valence-corrected chi connectivity index (χ0v) is 10.8. The number of allylic oxidation sites excluding steroid dienone is 2. The van der Waals surface area contributed by atoms with Crippen LogP contribution < -0.4 is 0 Å². The standard InChI is InChI=1S/C14H19NO3/c1-3-11(9-12(16)17)5-8-13(2,18)14(10-15)6-4-7-14/h5,8-9,18H,3-4,6-7H2,1-2H3,(H,16,17)/b8-5+,11-9-/t13-/m1/s1. The molecule has 0 aromatic heterocycles. The van der Waals surface area contributed by atoms with Gasteiger partial charge in [-0.2, -0.15) is 5.26 Å². The topological polar surface area (TPSA) is 81.3 Å². The second kappa shape index (κ2) is 5.36. The molecule has 1 aliphatic carbocycles. The largest absolute Gasteiger partial charge is 0.478 e. The third-order valence-electron chi connectivity index (χ3n) is 3.73. The summed E-state index contributed by atoms with van der Waals surface area (Å²) in [4.78, 5) is 10.6. The van der Waals surface area contributed by atoms with Gasteiger partial charge in [0.1, 0.15) is 0 Å². The van der Waals surface area contributed by atoms with E-state index in [1.807, 2.05) is 6.92 Å². The molecule has 0 radical (unpaired) electrons. The number of carboxylic acid groups (broad SMARTS) is 1. The fourth-order valence-corrected chi connectivity index (χ4v) is 2.12. The summed E-state index contributed by atoms with van der Waals surface area (Å²) in [6.07, 6.45) is 7.16. The van der Waals surface area contributed by atoms with Gasteiger partial charge in [-0.05, 0) is 31.8 Å². The summed E-state index contributed by atoms with van der Waals surface area (Å²) in [5.41, 5.74) is -1.31. The van der Waals surface area contributed by atoms with Crippen LogP contribution in [0.1, 0.15) is 39.5 Å². The van der Waals surface area contributed by atoms with Crippen LogP contribution in [0, 0.1) is 16.7 Å². The molecule has 1 atom stereocenters. The van der Waals surface area contributed by atoms with Crippen molar-refractivity contribution in [3.8, 4) is 6.07 Å². The third kappa shape index (κ3) is 2.80. The van der Waals surface area contributed by atoms with Crippen LogP contribution >= 0.6 is 0 Å². The van der Waals surface area contributed by atoms with Crippen molar-refractivity contribution in [2.75, 3.05) is 0 Å². The van der Waals surface area contributed by atoms with Gasteiger partial charge in [-0.25, -0.2) is 4.79 Å². The lowest BCUT2D eigenvalue weighted by Gasteiger charge is -2.45. The van der Waals surface area contributed by atoms with Gasteiger partial charge in [0.2, 0.25) is 0 Å². The molecule has 0 aliphatic heterocycles. The average Bonchev–Trinajstić information content (AvgIpc) is 2.22. The highest BCUT2D eigenvalue weighted by atomic mass is 16.4. The number of carbonyl (C=O) groups is 1. The molecule has 1 aliphatic rings. The lowest BCUT2D eigenvalue weighted by atomic mass is 9.60. The summed E-state index contributed by atoms with van der Waals surface area (Å²) in [7, 11) is 0. The molecule has 0 aromatic rings. The van der Waals surface area contributed by atoms with Crippen molar-refractivity contribution in [3.63, 3.8) is 0 Å². The lowest BCUT2D eigenvalue weighted by Crippen LogP contribution is -2.48. The van der Waals surface area contributed by atoms with Gasteiger partial charge < -0.3 is 10.2 Å². The van der Waals surface area contributed by atoms with Crippen molar-refractivity contribution in [1.82, 2.24) is 0 Å². The molecular weight excluding hydrogens is 230 g/mol. The minimum atomic E-state index is -1.22. The van der Waals surface area contributed by atoms with Crippen molar-refractivity contribution in [2.45, 2.75) is 45.1 Å². The van der Waals surface area contributed by atoms with Gasteiger partial charge in [-0.15, -0.1) is 0 Å². The second-order valence-electron chi connectivity index (χ2n) is 4.94. The first-order valence-electron chi connectivity index (χ1n) is 6.13. The van der Waals surface area contributed by atoms with E-state index in [4.69, 9.17) is 5.11 Å². The number of carboxylic acids is 1. The van der Waals surface area contributed by atoms with Crippen molar-refractivity contribution in [1.29, 1.82) is 5.26 Å². The maximum absolute atomic E-state index is 10.6. The molecule has 2 N–H and O–H groups in total. The summed E-state index contributed by atoms with van der Waals surface area (Å²) >= 11 is 0. The minimum Gasteiger partial charge on any atom is -0.478 e. The first-order valence-corrected chi connectivity index (χ1v) is 6.13. The first kappa shape index (κ1) is 14.5. The van der Waals surface area contributed by atoms with Crippen LogP contribution in [0.15, 0.2) is 23.8 Å². The normalized spacial score (nSPS) is 22.0. The molecule has 0 unspecified atom stereocenters. The maximum Gasteiger partial charge on any atom is 0.328 e. The summed E-state index contributed by atoms with van der Waals surface area (Å²) in [5.74, 6) is -1.00. The summed E-state index contributed by atoms with van der Waals surface area (Å²) in [5, 5.41) is 28.2. The number of hydrogen-bond donors (Lipinski definition) is 2. The van der Waals surface area contributed by atoms with E-state index in [0.29, 0.717) is 24.8 Å². The number of nitriles is 1. The molecule has 0 aromatic carbocycles. The van der Waals surface area contributed by atoms with Gasteiger partial charge in [0.15, 0.2) is 0 Å². The fraction of sp³-hybridized carbons (Fsp3) is 0.571. The number of nitrogens with zero attached hydrogens (tertiary/aromatic N) is 1. The van der Waals surface area contributed by atoms with Crippen LogP contribution in [0.5, 0.6) is 0 Å². The Kier molecular flexibility index (Phi) is 4.31. The molecule has 1 rings (SSSR count). The average molecular weight is 249 g/mol. The predicted molar refractivity (Wildman–Crippen MR) is 67.7 cm³/mol. The number of hydrogen-bond acceptors (Lipinski definition) is 3. The van der Waals surface area contributed by atoms with Crippen LogP contribution in [-0.2, 0) is 4.79 Å². The van der Waals surface area contributed by atoms with Gasteiger partial charge in [0, 0.05) is 6.08 Å². The Hall–Kier alpha value is -1.60. The number of rotatable bonds is 5. The molecule has 0 spiro atoms. The van der Waals surface area contributed by atoms with E-state index >= 15 is 0 Å². The van der Waals surface area contributed by atoms with Crippen LogP contribution in [0.2, 0.25) is 0 Å². The van der Waals surface area contributed by atoms with Gasteiger partial charge in [-0.3, -0.25) is 0 Å². The highest BCUT2D eigenvalue weighted by Gasteiger charge is 2.50. The first-order chi connectivity index (χ1) is 8.37. The van der Waals surface area contributed by atoms with Crippen molar-refractivity contribution in [2.24, 2.45) is 5.41 Å². The zero-order chi connectivity index (χ0) is 13.8. The SMILES string of the molecule is CCC(=C/C(=O)O)/C=C/[C@@](C)(O)C1(C#N)CCC1. The van der Waals surface area contributed by atoms with Crippen LogP contribution in [0.4, 0.5) is 0 Å². The molecule has 4 nitrogen and oxygen atoms in total. The van der Waals surface area contributed by atoms with Gasteiger partial charge >= 0.3 is 5.97 Å². The van der Waals surface area contributed by atoms with E-state index < -0.39 is 17.0 Å². The molecule has 1 fully saturated rings. The monoisotopic (exact) mass is 249 g/mol. The summed E-state index contributed by atoms with van der Waals surface area (Å²) in [6.45, 7) is 3.46. The van der Waals surface area contributed by atoms with Gasteiger partial charge in [0.05, 0.1) is 17.1 Å². The highest BCUT2D eigenvalue weighted by Crippen LogP contribution is 2.49. The van der Waals surface area contributed by atoms with Crippen LogP contribution in [0.3, 0.4) is 0 Å². The zero-order valence-electron chi connectivity index (χ0n) is 10.8.